The summed E-state index contributed by atoms with van der Waals surface area (Å²) in [5.74, 6) is -0.0925. The van der Waals surface area contributed by atoms with E-state index in [1.165, 1.54) is 0 Å². The Bertz CT molecular complexity index is 1250. The van der Waals surface area contributed by atoms with Crippen molar-refractivity contribution in [2.45, 2.75) is 12.8 Å². The van der Waals surface area contributed by atoms with E-state index in [2.05, 4.69) is 6.07 Å². The second-order valence-electron chi connectivity index (χ2n) is 7.91. The van der Waals surface area contributed by atoms with E-state index in [1.807, 2.05) is 133 Å². The van der Waals surface area contributed by atoms with Crippen molar-refractivity contribution >= 4 is 40.0 Å². The van der Waals surface area contributed by atoms with Crippen molar-refractivity contribution in [2.75, 3.05) is 0 Å². The summed E-state index contributed by atoms with van der Waals surface area (Å²) in [6.45, 7) is -2.64. The number of hydrogen-bond donors (Lipinski definition) is 0. The molecule has 4 aromatic rings. The number of allylic oxidation sites excluding steroid dienone is 1. The van der Waals surface area contributed by atoms with Gasteiger partial charge in [0.2, 0.25) is 0 Å². The average molecular weight is 460 g/mol. The van der Waals surface area contributed by atoms with Crippen LogP contribution in [0.15, 0.2) is 127 Å². The molecule has 4 aromatic carbocycles. The van der Waals surface area contributed by atoms with Gasteiger partial charge in [-0.1, -0.05) is 133 Å². The number of hydrogen-bond acceptors (Lipinski definition) is 2. The molecule has 0 radical (unpaired) electrons. The van der Waals surface area contributed by atoms with Crippen molar-refractivity contribution in [1.29, 1.82) is 5.26 Å². The number of carbonyl (C=O) groups is 1. The van der Waals surface area contributed by atoms with Gasteiger partial charge in [0.05, 0.1) is 0 Å². The van der Waals surface area contributed by atoms with Gasteiger partial charge in [0.15, 0.2) is 5.78 Å². The standard InChI is InChI=1S/C31H26NOP/c32-25-31(30(33)24-14-13-17-26-15-5-1-6-16-26)34(27-18-7-2-8-19-27,28-20-9-3-10-21-28)29-22-11-4-12-23-29/h1-13,15-23H,14,24H2/b17-13+. The lowest BCUT2D eigenvalue weighted by Gasteiger charge is -2.30. The lowest BCUT2D eigenvalue weighted by Crippen LogP contribution is -2.33. The lowest BCUT2D eigenvalue weighted by atomic mass is 10.1. The zero-order chi connectivity index (χ0) is 23.6. The van der Waals surface area contributed by atoms with Gasteiger partial charge >= 0.3 is 0 Å². The van der Waals surface area contributed by atoms with E-state index in [1.54, 1.807) is 0 Å². The molecule has 4 rings (SSSR count). The summed E-state index contributed by atoms with van der Waals surface area (Å²) < 4.78 is 0. The van der Waals surface area contributed by atoms with E-state index in [0.29, 0.717) is 18.1 Å². The molecule has 0 heterocycles. The summed E-state index contributed by atoms with van der Waals surface area (Å²) in [5.41, 5.74) is 1.10. The highest BCUT2D eigenvalue weighted by Crippen LogP contribution is 2.46. The average Bonchev–Trinajstić information content (AvgIpc) is 2.91. The van der Waals surface area contributed by atoms with E-state index in [9.17, 15) is 10.1 Å². The van der Waals surface area contributed by atoms with Gasteiger partial charge in [-0.05, 0) is 34.8 Å². The van der Waals surface area contributed by atoms with Gasteiger partial charge in [-0.25, -0.2) is 0 Å². The van der Waals surface area contributed by atoms with Gasteiger partial charge in [-0.2, -0.15) is 5.26 Å². The van der Waals surface area contributed by atoms with Crippen molar-refractivity contribution in [2.24, 2.45) is 0 Å². The monoisotopic (exact) mass is 459 g/mol. The molecule has 166 valence electrons. The van der Waals surface area contributed by atoms with Crippen LogP contribution in [0.3, 0.4) is 0 Å². The van der Waals surface area contributed by atoms with E-state index >= 15 is 0 Å². The number of ketones is 1. The van der Waals surface area contributed by atoms with Crippen LogP contribution in [0.25, 0.3) is 6.08 Å². The highest BCUT2D eigenvalue weighted by molar-refractivity contribution is 7.96. The molecule has 0 aliphatic heterocycles. The second kappa shape index (κ2) is 11.3. The summed E-state index contributed by atoms with van der Waals surface area (Å²) in [6.07, 6.45) is 4.90. The van der Waals surface area contributed by atoms with Crippen molar-refractivity contribution in [3.8, 4) is 6.07 Å². The number of Topliss-reactive ketones (excluding diaryl/α,β-unsaturated/α-hetero) is 1. The Morgan fingerprint density at radius 2 is 1.09 bits per heavy atom. The van der Waals surface area contributed by atoms with Gasteiger partial charge in [0.1, 0.15) is 11.4 Å². The number of nitriles is 1. The maximum Gasteiger partial charge on any atom is 0.174 e. The number of carbonyl (C=O) groups excluding carboxylic acids is 1. The largest absolute Gasteiger partial charge is 0.293 e. The molecule has 0 unspecified atom stereocenters. The van der Waals surface area contributed by atoms with Crippen molar-refractivity contribution in [1.82, 2.24) is 0 Å². The number of rotatable bonds is 8. The number of benzene rings is 4. The van der Waals surface area contributed by atoms with Crippen LogP contribution in [0.4, 0.5) is 0 Å². The minimum absolute atomic E-state index is 0.0925. The molecule has 0 aliphatic rings. The van der Waals surface area contributed by atoms with Crippen LogP contribution in [0, 0.1) is 11.3 Å². The topological polar surface area (TPSA) is 40.9 Å². The summed E-state index contributed by atoms with van der Waals surface area (Å²) >= 11 is 0. The molecule has 0 saturated carbocycles. The first-order valence-electron chi connectivity index (χ1n) is 11.3. The summed E-state index contributed by atoms with van der Waals surface area (Å²) in [5, 5.41) is 13.8. The third-order valence-corrected chi connectivity index (χ3v) is 10.0. The Morgan fingerprint density at radius 3 is 1.50 bits per heavy atom. The van der Waals surface area contributed by atoms with E-state index in [-0.39, 0.29) is 5.78 Å². The first kappa shape index (κ1) is 23.2. The van der Waals surface area contributed by atoms with Crippen LogP contribution in [0.5, 0.6) is 0 Å². The van der Waals surface area contributed by atoms with Crippen LogP contribution in [-0.2, 0) is 4.79 Å². The first-order chi connectivity index (χ1) is 16.8. The molecule has 0 aromatic heterocycles. The van der Waals surface area contributed by atoms with Crippen LogP contribution in [-0.4, -0.2) is 11.1 Å². The zero-order valence-corrected chi connectivity index (χ0v) is 19.8. The fraction of sp³-hybridized carbons (Fsp3) is 0.0645. The van der Waals surface area contributed by atoms with Crippen LogP contribution >= 0.6 is 6.89 Å². The molecule has 0 aliphatic carbocycles. The van der Waals surface area contributed by atoms with Crippen LogP contribution in [0.1, 0.15) is 18.4 Å². The molecule has 0 spiro atoms. The molecule has 0 N–H and O–H groups in total. The summed E-state index contributed by atoms with van der Waals surface area (Å²) in [6, 6.07) is 42.5. The molecule has 3 heteroatoms. The zero-order valence-electron chi connectivity index (χ0n) is 18.9. The van der Waals surface area contributed by atoms with E-state index in [0.717, 1.165) is 21.5 Å². The predicted octanol–water partition coefficient (Wildman–Crippen LogP) is 5.74. The van der Waals surface area contributed by atoms with Gasteiger partial charge in [-0.15, -0.1) is 0 Å². The minimum atomic E-state index is -2.64. The SMILES string of the molecule is N#CC(C(=O)CC/C=C/c1ccccc1)=P(c1ccccc1)(c1ccccc1)c1ccccc1. The minimum Gasteiger partial charge on any atom is -0.293 e. The Hall–Kier alpha value is -3.92. The Labute approximate surface area is 201 Å². The van der Waals surface area contributed by atoms with Crippen molar-refractivity contribution in [3.63, 3.8) is 0 Å². The quantitative estimate of drug-likeness (QED) is 0.315. The fourth-order valence-electron chi connectivity index (χ4n) is 4.23. The molecule has 0 fully saturated rings. The maximum atomic E-state index is 13.7. The Balaban J connectivity index is 1.87. The molecular formula is C31H26NOP. The van der Waals surface area contributed by atoms with Gasteiger partial charge in [0.25, 0.3) is 0 Å². The van der Waals surface area contributed by atoms with Gasteiger partial charge in [0, 0.05) is 6.42 Å². The third kappa shape index (κ3) is 4.86. The van der Waals surface area contributed by atoms with Crippen molar-refractivity contribution < 1.29 is 4.79 Å². The predicted molar refractivity (Wildman–Crippen MR) is 145 cm³/mol. The molecule has 0 bridgehead atoms. The fourth-order valence-corrected chi connectivity index (χ4v) is 8.39. The molecule has 34 heavy (non-hydrogen) atoms. The molecule has 2 nitrogen and oxygen atoms in total. The normalized spacial score (nSPS) is 11.1. The van der Waals surface area contributed by atoms with Crippen LogP contribution < -0.4 is 15.9 Å². The van der Waals surface area contributed by atoms with Gasteiger partial charge < -0.3 is 0 Å². The molecule has 0 atom stereocenters. The maximum absolute atomic E-state index is 13.7. The van der Waals surface area contributed by atoms with Crippen molar-refractivity contribution in [3.05, 3.63) is 133 Å². The molecular weight excluding hydrogens is 433 g/mol. The number of nitrogens with zero attached hydrogens (tertiary/aromatic N) is 1. The highest BCUT2D eigenvalue weighted by Gasteiger charge is 2.32. The Kier molecular flexibility index (Phi) is 7.71. The first-order valence-corrected chi connectivity index (χ1v) is 13.1. The van der Waals surface area contributed by atoms with Gasteiger partial charge in [-0.3, -0.25) is 4.79 Å². The highest BCUT2D eigenvalue weighted by atomic mass is 31.2. The van der Waals surface area contributed by atoms with E-state index < -0.39 is 6.89 Å². The smallest absolute Gasteiger partial charge is 0.174 e. The van der Waals surface area contributed by atoms with E-state index in [4.69, 9.17) is 0 Å². The summed E-state index contributed by atoms with van der Waals surface area (Å²) in [7, 11) is 0. The van der Waals surface area contributed by atoms with Crippen LogP contribution in [0.2, 0.25) is 0 Å². The third-order valence-electron chi connectivity index (χ3n) is 5.78. The summed E-state index contributed by atoms with van der Waals surface area (Å²) in [4.78, 5) is 13.7. The molecule has 0 saturated heterocycles. The lowest BCUT2D eigenvalue weighted by molar-refractivity contribution is -0.112. The Morgan fingerprint density at radius 1 is 0.676 bits per heavy atom. The second-order valence-corrected chi connectivity index (χ2v) is 11.3. The molecule has 0 amide bonds.